The summed E-state index contributed by atoms with van der Waals surface area (Å²) in [4.78, 5) is 51.9. The van der Waals surface area contributed by atoms with E-state index in [-0.39, 0.29) is 29.2 Å². The number of ketones is 4. The summed E-state index contributed by atoms with van der Waals surface area (Å²) < 4.78 is 0. The van der Waals surface area contributed by atoms with Gasteiger partial charge in [0.25, 0.3) is 0 Å². The number of hydrogen-bond donors (Lipinski definition) is 0. The predicted molar refractivity (Wildman–Crippen MR) is 157 cm³/mol. The molecule has 0 aromatic heterocycles. The van der Waals surface area contributed by atoms with Crippen LogP contribution in [0.25, 0.3) is 0 Å². The van der Waals surface area contributed by atoms with Gasteiger partial charge in [-0.25, -0.2) is 0 Å². The van der Waals surface area contributed by atoms with E-state index in [9.17, 15) is 19.2 Å². The minimum Gasteiger partial charge on any atom is -0.299 e. The summed E-state index contributed by atoms with van der Waals surface area (Å²) in [6.45, 7) is 12.0. The molecule has 0 bridgehead atoms. The van der Waals surface area contributed by atoms with Gasteiger partial charge in [0.1, 0.15) is 11.6 Å². The van der Waals surface area contributed by atoms with Crippen molar-refractivity contribution in [3.05, 3.63) is 82.9 Å². The van der Waals surface area contributed by atoms with E-state index < -0.39 is 5.41 Å². The van der Waals surface area contributed by atoms with E-state index in [0.29, 0.717) is 74.7 Å². The summed E-state index contributed by atoms with van der Waals surface area (Å²) in [5, 5.41) is 0. The lowest BCUT2D eigenvalue weighted by atomic mass is 9.63. The molecule has 1 aliphatic carbocycles. The van der Waals surface area contributed by atoms with Gasteiger partial charge < -0.3 is 0 Å². The summed E-state index contributed by atoms with van der Waals surface area (Å²) >= 11 is 0. The van der Waals surface area contributed by atoms with Crippen LogP contribution in [0.1, 0.15) is 112 Å². The molecular formula is C35H44O4. The Balaban J connectivity index is 1.75. The number of allylic oxidation sites excluding steroid dienone is 1. The lowest BCUT2D eigenvalue weighted by molar-refractivity contribution is -0.132. The molecule has 1 unspecified atom stereocenters. The minimum absolute atomic E-state index is 0.00878. The summed E-state index contributed by atoms with van der Waals surface area (Å²) in [7, 11) is 0. The van der Waals surface area contributed by atoms with Crippen LogP contribution in [0.4, 0.5) is 0 Å². The monoisotopic (exact) mass is 528 g/mol. The SMILES string of the molecule is C=C(Cc1ccccc1C)C(=O)C1(CCC(=O)C(C)c2ccc(C(=O)CC)cc2)CCC(C(=O)CCC)CC1. The molecule has 208 valence electrons. The van der Waals surface area contributed by atoms with Crippen molar-refractivity contribution in [1.82, 2.24) is 0 Å². The maximum atomic E-state index is 14.0. The maximum absolute atomic E-state index is 14.0. The number of rotatable bonds is 14. The van der Waals surface area contributed by atoms with Gasteiger partial charge in [-0.1, -0.05) is 75.9 Å². The zero-order chi connectivity index (χ0) is 28.6. The Morgan fingerprint density at radius 1 is 0.949 bits per heavy atom. The molecule has 0 aliphatic heterocycles. The first kappa shape index (κ1) is 30.4. The van der Waals surface area contributed by atoms with Crippen molar-refractivity contribution in [2.24, 2.45) is 11.3 Å². The predicted octanol–water partition coefficient (Wildman–Crippen LogP) is 7.95. The maximum Gasteiger partial charge on any atom is 0.164 e. The lowest BCUT2D eigenvalue weighted by Gasteiger charge is -2.39. The molecular weight excluding hydrogens is 484 g/mol. The van der Waals surface area contributed by atoms with E-state index >= 15 is 0 Å². The second kappa shape index (κ2) is 13.8. The average molecular weight is 529 g/mol. The second-order valence-electron chi connectivity index (χ2n) is 11.4. The van der Waals surface area contributed by atoms with Crippen LogP contribution in [-0.4, -0.2) is 23.1 Å². The highest BCUT2D eigenvalue weighted by Gasteiger charge is 2.43. The smallest absolute Gasteiger partial charge is 0.164 e. The minimum atomic E-state index is -0.657. The van der Waals surface area contributed by atoms with E-state index in [1.165, 1.54) is 0 Å². The molecule has 1 aliphatic rings. The van der Waals surface area contributed by atoms with E-state index in [2.05, 4.69) is 6.58 Å². The molecule has 4 nitrogen and oxygen atoms in total. The van der Waals surface area contributed by atoms with Crippen molar-refractivity contribution < 1.29 is 19.2 Å². The highest BCUT2D eigenvalue weighted by atomic mass is 16.1. The van der Waals surface area contributed by atoms with Crippen LogP contribution in [0.3, 0.4) is 0 Å². The Kier molecular flexibility index (Phi) is 10.7. The first-order valence-corrected chi connectivity index (χ1v) is 14.6. The van der Waals surface area contributed by atoms with E-state index in [1.54, 1.807) is 12.1 Å². The third-order valence-electron chi connectivity index (χ3n) is 8.75. The first-order chi connectivity index (χ1) is 18.6. The van der Waals surface area contributed by atoms with Crippen LogP contribution < -0.4 is 0 Å². The van der Waals surface area contributed by atoms with Crippen molar-refractivity contribution >= 4 is 23.1 Å². The van der Waals surface area contributed by atoms with E-state index in [0.717, 1.165) is 23.1 Å². The molecule has 39 heavy (non-hydrogen) atoms. The highest BCUT2D eigenvalue weighted by molar-refractivity contribution is 6.00. The third-order valence-corrected chi connectivity index (χ3v) is 8.75. The van der Waals surface area contributed by atoms with Crippen molar-refractivity contribution in [3.8, 4) is 0 Å². The van der Waals surface area contributed by atoms with Gasteiger partial charge in [-0.3, -0.25) is 19.2 Å². The standard InChI is InChI=1S/C35H44O4/c1-6-10-33(38)29-17-20-35(21-18-29,34(39)25(4)23-30-12-9-8-11-24(30)3)22-19-32(37)26(5)27-13-15-28(16-14-27)31(36)7-2/h8-9,11-16,26,29H,4,6-7,10,17-23H2,1-3,5H3. The molecule has 0 heterocycles. The highest BCUT2D eigenvalue weighted by Crippen LogP contribution is 2.46. The molecule has 1 saturated carbocycles. The lowest BCUT2D eigenvalue weighted by Crippen LogP contribution is -2.39. The molecule has 3 rings (SSSR count). The number of carbonyl (C=O) groups is 4. The summed E-state index contributed by atoms with van der Waals surface area (Å²) in [6, 6.07) is 15.3. The molecule has 0 saturated heterocycles. The summed E-state index contributed by atoms with van der Waals surface area (Å²) in [5.41, 5.74) is 3.69. The fourth-order valence-electron chi connectivity index (χ4n) is 5.95. The zero-order valence-corrected chi connectivity index (χ0v) is 24.2. The largest absolute Gasteiger partial charge is 0.299 e. The van der Waals surface area contributed by atoms with Gasteiger partial charge in [0.2, 0.25) is 0 Å². The van der Waals surface area contributed by atoms with Gasteiger partial charge in [0.05, 0.1) is 0 Å². The van der Waals surface area contributed by atoms with Crippen molar-refractivity contribution in [1.29, 1.82) is 0 Å². The number of aryl methyl sites for hydroxylation is 1. The quantitative estimate of drug-likeness (QED) is 0.184. The Bertz CT molecular complexity index is 1200. The molecule has 2 aromatic carbocycles. The molecule has 0 radical (unpaired) electrons. The van der Waals surface area contributed by atoms with Crippen LogP contribution in [0.2, 0.25) is 0 Å². The normalized spacial score (nSPS) is 19.7. The fraction of sp³-hybridized carbons (Fsp3) is 0.486. The molecule has 1 atom stereocenters. The van der Waals surface area contributed by atoms with Crippen molar-refractivity contribution in [2.45, 2.75) is 97.8 Å². The van der Waals surface area contributed by atoms with Gasteiger partial charge in [0, 0.05) is 48.5 Å². The van der Waals surface area contributed by atoms with Crippen molar-refractivity contribution in [3.63, 3.8) is 0 Å². The Morgan fingerprint density at radius 2 is 1.59 bits per heavy atom. The first-order valence-electron chi connectivity index (χ1n) is 14.6. The van der Waals surface area contributed by atoms with Gasteiger partial charge in [-0.15, -0.1) is 0 Å². The Hall–Kier alpha value is -3.14. The van der Waals surface area contributed by atoms with Crippen molar-refractivity contribution in [2.75, 3.05) is 0 Å². The van der Waals surface area contributed by atoms with Crippen LogP contribution in [0, 0.1) is 18.3 Å². The van der Waals surface area contributed by atoms with E-state index in [4.69, 9.17) is 0 Å². The van der Waals surface area contributed by atoms with Crippen LogP contribution >= 0.6 is 0 Å². The topological polar surface area (TPSA) is 68.3 Å². The molecule has 0 N–H and O–H groups in total. The van der Waals surface area contributed by atoms with Gasteiger partial charge in [0.15, 0.2) is 11.6 Å². The number of benzene rings is 2. The molecule has 0 spiro atoms. The van der Waals surface area contributed by atoms with Gasteiger partial charge >= 0.3 is 0 Å². The van der Waals surface area contributed by atoms with Gasteiger partial charge in [-0.05, 0) is 67.7 Å². The molecule has 2 aromatic rings. The summed E-state index contributed by atoms with van der Waals surface area (Å²) in [6.07, 6.45) is 5.77. The fourth-order valence-corrected chi connectivity index (χ4v) is 5.95. The Labute approximate surface area is 234 Å². The third kappa shape index (κ3) is 7.50. The molecule has 1 fully saturated rings. The number of hydrogen-bond acceptors (Lipinski definition) is 4. The number of Topliss-reactive ketones (excluding diaryl/α,β-unsaturated/α-hetero) is 4. The van der Waals surface area contributed by atoms with Crippen LogP contribution in [-0.2, 0) is 20.8 Å². The molecule has 4 heteroatoms. The second-order valence-corrected chi connectivity index (χ2v) is 11.4. The van der Waals surface area contributed by atoms with Crippen LogP contribution in [0.5, 0.6) is 0 Å². The number of carbonyl (C=O) groups excluding carboxylic acids is 4. The van der Waals surface area contributed by atoms with Crippen LogP contribution in [0.15, 0.2) is 60.7 Å². The average Bonchev–Trinajstić information content (AvgIpc) is 2.96. The summed E-state index contributed by atoms with van der Waals surface area (Å²) in [5.74, 6) is 0.211. The molecule has 0 amide bonds. The Morgan fingerprint density at radius 3 is 2.18 bits per heavy atom. The van der Waals surface area contributed by atoms with E-state index in [1.807, 2.05) is 64.1 Å². The zero-order valence-electron chi connectivity index (χ0n) is 24.2. The van der Waals surface area contributed by atoms with Gasteiger partial charge in [-0.2, -0.15) is 0 Å².